The maximum absolute atomic E-state index is 14.1. The molecule has 1 unspecified atom stereocenters. The van der Waals surface area contributed by atoms with E-state index in [2.05, 4.69) is 5.32 Å². The van der Waals surface area contributed by atoms with Gasteiger partial charge in [0.25, 0.3) is 10.0 Å². The number of carbonyl (C=O) groups is 2. The van der Waals surface area contributed by atoms with E-state index in [0.717, 1.165) is 9.87 Å². The van der Waals surface area contributed by atoms with Gasteiger partial charge in [-0.05, 0) is 83.5 Å². The van der Waals surface area contributed by atoms with Gasteiger partial charge in [-0.3, -0.25) is 13.9 Å². The molecule has 41 heavy (non-hydrogen) atoms. The molecule has 11 heteroatoms. The molecule has 0 aliphatic rings. The largest absolute Gasteiger partial charge is 0.350 e. The van der Waals surface area contributed by atoms with Gasteiger partial charge in [0, 0.05) is 32.7 Å². The fourth-order valence-corrected chi connectivity index (χ4v) is 6.29. The van der Waals surface area contributed by atoms with E-state index in [1.54, 1.807) is 62.4 Å². The lowest BCUT2D eigenvalue weighted by Gasteiger charge is -2.34. The molecule has 0 aliphatic carbocycles. The summed E-state index contributed by atoms with van der Waals surface area (Å²) < 4.78 is 29.1. The van der Waals surface area contributed by atoms with Crippen LogP contribution in [0.2, 0.25) is 15.1 Å². The number of amides is 2. The second-order valence-electron chi connectivity index (χ2n) is 10.8. The first-order valence-electron chi connectivity index (χ1n) is 12.9. The molecule has 0 aliphatic heterocycles. The molecule has 1 N–H and O–H groups in total. The highest BCUT2D eigenvalue weighted by Gasteiger charge is 2.34. The van der Waals surface area contributed by atoms with Crippen molar-refractivity contribution < 1.29 is 18.0 Å². The van der Waals surface area contributed by atoms with Gasteiger partial charge in [0.2, 0.25) is 11.8 Å². The van der Waals surface area contributed by atoms with E-state index in [1.807, 2.05) is 27.7 Å². The monoisotopic (exact) mass is 637 g/mol. The molecule has 0 spiro atoms. The van der Waals surface area contributed by atoms with Crippen LogP contribution in [0.15, 0.2) is 65.6 Å². The van der Waals surface area contributed by atoms with E-state index < -0.39 is 40.0 Å². The van der Waals surface area contributed by atoms with Gasteiger partial charge >= 0.3 is 0 Å². The SMILES string of the molecule is Cc1ccc(S(=O)(=O)N(CC(=O)N(Cc2c(Cl)cccc2Cl)C(C)C(=O)NC(C)(C)C)c2cccc(Cl)c2C)cc1. The number of aryl methyl sites for hydroxylation is 1. The lowest BCUT2D eigenvalue weighted by Crippen LogP contribution is -2.54. The van der Waals surface area contributed by atoms with Crippen LogP contribution in [0.5, 0.6) is 0 Å². The first-order valence-corrected chi connectivity index (χ1v) is 15.5. The van der Waals surface area contributed by atoms with Crippen LogP contribution in [0.3, 0.4) is 0 Å². The number of carbonyl (C=O) groups excluding carboxylic acids is 2. The van der Waals surface area contributed by atoms with Gasteiger partial charge in [0.1, 0.15) is 12.6 Å². The number of hydrogen-bond donors (Lipinski definition) is 1. The maximum Gasteiger partial charge on any atom is 0.264 e. The standard InChI is InChI=1S/C30H34Cl3N3O4S/c1-19-13-15-22(16-14-19)41(39,40)36(27-12-8-9-24(31)20(27)2)18-28(37)35(21(3)29(38)34-30(4,5)6)17-23-25(32)10-7-11-26(23)33/h7-16,21H,17-18H2,1-6H3,(H,34,38). The van der Waals surface area contributed by atoms with Crippen LogP contribution in [0, 0.1) is 13.8 Å². The maximum atomic E-state index is 14.1. The van der Waals surface area contributed by atoms with Gasteiger partial charge in [-0.15, -0.1) is 0 Å². The van der Waals surface area contributed by atoms with Gasteiger partial charge in [0.05, 0.1) is 10.6 Å². The van der Waals surface area contributed by atoms with Crippen LogP contribution in [-0.2, 0) is 26.2 Å². The second-order valence-corrected chi connectivity index (χ2v) is 13.9. The fourth-order valence-electron chi connectivity index (χ4n) is 4.13. The second kappa shape index (κ2) is 13.0. The third kappa shape index (κ3) is 7.95. The minimum absolute atomic E-state index is 0.00879. The first kappa shape index (κ1) is 32.7. The molecule has 3 aromatic carbocycles. The van der Waals surface area contributed by atoms with E-state index in [-0.39, 0.29) is 17.1 Å². The Morgan fingerprint density at radius 2 is 1.41 bits per heavy atom. The average Bonchev–Trinajstić information content (AvgIpc) is 2.87. The van der Waals surface area contributed by atoms with Crippen LogP contribution in [-0.4, -0.2) is 43.3 Å². The number of anilines is 1. The molecule has 3 aromatic rings. The van der Waals surface area contributed by atoms with Crippen molar-refractivity contribution >= 4 is 62.3 Å². The Morgan fingerprint density at radius 3 is 1.98 bits per heavy atom. The molecule has 0 bridgehead atoms. The number of sulfonamides is 1. The average molecular weight is 639 g/mol. The van der Waals surface area contributed by atoms with E-state index >= 15 is 0 Å². The van der Waals surface area contributed by atoms with Crippen molar-refractivity contribution in [1.29, 1.82) is 0 Å². The Morgan fingerprint density at radius 1 is 0.878 bits per heavy atom. The van der Waals surface area contributed by atoms with Crippen LogP contribution in [0.4, 0.5) is 5.69 Å². The summed E-state index contributed by atoms with van der Waals surface area (Å²) in [5.41, 5.74) is 1.48. The van der Waals surface area contributed by atoms with Crippen molar-refractivity contribution in [2.75, 3.05) is 10.8 Å². The molecular weight excluding hydrogens is 605 g/mol. The molecule has 0 radical (unpaired) electrons. The molecular formula is C30H34Cl3N3O4S. The molecule has 2 amide bonds. The van der Waals surface area contributed by atoms with Crippen LogP contribution in [0.1, 0.15) is 44.4 Å². The zero-order valence-electron chi connectivity index (χ0n) is 23.8. The molecule has 0 aromatic heterocycles. The summed E-state index contributed by atoms with van der Waals surface area (Å²) >= 11 is 19.2. The summed E-state index contributed by atoms with van der Waals surface area (Å²) in [5, 5.41) is 3.86. The third-order valence-corrected chi connectivity index (χ3v) is 9.34. The van der Waals surface area contributed by atoms with Crippen LogP contribution in [0.25, 0.3) is 0 Å². The molecule has 220 valence electrons. The van der Waals surface area contributed by atoms with Gasteiger partial charge < -0.3 is 10.2 Å². The highest BCUT2D eigenvalue weighted by atomic mass is 35.5. The van der Waals surface area contributed by atoms with Crippen LogP contribution < -0.4 is 9.62 Å². The fraction of sp³-hybridized carbons (Fsp3) is 0.333. The van der Waals surface area contributed by atoms with Crippen molar-refractivity contribution in [3.05, 3.63) is 92.4 Å². The van der Waals surface area contributed by atoms with Gasteiger partial charge in [-0.1, -0.05) is 64.6 Å². The first-order chi connectivity index (χ1) is 19.0. The molecule has 3 rings (SSSR count). The van der Waals surface area contributed by atoms with Crippen molar-refractivity contribution in [1.82, 2.24) is 10.2 Å². The topological polar surface area (TPSA) is 86.8 Å². The van der Waals surface area contributed by atoms with Crippen molar-refractivity contribution in [2.24, 2.45) is 0 Å². The Bertz CT molecular complexity index is 1520. The molecule has 0 heterocycles. The Kier molecular flexibility index (Phi) is 10.4. The van der Waals surface area contributed by atoms with Crippen LogP contribution >= 0.6 is 34.8 Å². The van der Waals surface area contributed by atoms with E-state index in [1.165, 1.54) is 17.0 Å². The predicted octanol–water partition coefficient (Wildman–Crippen LogP) is 6.79. The zero-order valence-corrected chi connectivity index (χ0v) is 26.9. The summed E-state index contributed by atoms with van der Waals surface area (Å²) in [6, 6.07) is 15.1. The molecule has 0 saturated carbocycles. The minimum atomic E-state index is -4.23. The van der Waals surface area contributed by atoms with Gasteiger partial charge in [-0.25, -0.2) is 8.42 Å². The lowest BCUT2D eigenvalue weighted by molar-refractivity contribution is -0.140. The normalized spacial score (nSPS) is 12.5. The Balaban J connectivity index is 2.12. The molecule has 1 atom stereocenters. The number of hydrogen-bond acceptors (Lipinski definition) is 4. The lowest BCUT2D eigenvalue weighted by atomic mass is 10.1. The number of benzene rings is 3. The number of halogens is 3. The van der Waals surface area contributed by atoms with E-state index in [0.29, 0.717) is 26.2 Å². The van der Waals surface area contributed by atoms with Gasteiger partial charge in [0.15, 0.2) is 0 Å². The Labute approximate surface area is 257 Å². The molecule has 0 fully saturated rings. The summed E-state index contributed by atoms with van der Waals surface area (Å²) in [5.74, 6) is -1.05. The Hall–Kier alpha value is -2.78. The third-order valence-electron chi connectivity index (χ3n) is 6.45. The summed E-state index contributed by atoms with van der Waals surface area (Å²) in [6.45, 7) is 9.86. The van der Waals surface area contributed by atoms with Crippen molar-refractivity contribution in [3.63, 3.8) is 0 Å². The number of nitrogens with zero attached hydrogens (tertiary/aromatic N) is 2. The van der Waals surface area contributed by atoms with Gasteiger partial charge in [-0.2, -0.15) is 0 Å². The smallest absolute Gasteiger partial charge is 0.264 e. The molecule has 7 nitrogen and oxygen atoms in total. The summed E-state index contributed by atoms with van der Waals surface area (Å²) in [6.07, 6.45) is 0. The zero-order chi connectivity index (χ0) is 30.7. The quantitative estimate of drug-likeness (QED) is 0.280. The van der Waals surface area contributed by atoms with Crippen molar-refractivity contribution in [2.45, 2.75) is 64.6 Å². The highest BCUT2D eigenvalue weighted by Crippen LogP contribution is 2.32. The van der Waals surface area contributed by atoms with E-state index in [4.69, 9.17) is 34.8 Å². The number of nitrogens with one attached hydrogen (secondary N) is 1. The number of rotatable bonds is 9. The van der Waals surface area contributed by atoms with E-state index in [9.17, 15) is 18.0 Å². The molecule has 0 saturated heterocycles. The predicted molar refractivity (Wildman–Crippen MR) is 166 cm³/mol. The van der Waals surface area contributed by atoms with Crippen molar-refractivity contribution in [3.8, 4) is 0 Å². The summed E-state index contributed by atoms with van der Waals surface area (Å²) in [7, 11) is -4.23. The highest BCUT2D eigenvalue weighted by molar-refractivity contribution is 7.92. The minimum Gasteiger partial charge on any atom is -0.350 e. The summed E-state index contributed by atoms with van der Waals surface area (Å²) in [4.78, 5) is 28.7.